The van der Waals surface area contributed by atoms with Crippen molar-refractivity contribution in [3.05, 3.63) is 71.3 Å². The van der Waals surface area contributed by atoms with Gasteiger partial charge in [0.15, 0.2) is 0 Å². The molecule has 3 N–H and O–H groups in total. The van der Waals surface area contributed by atoms with Crippen molar-refractivity contribution in [1.29, 1.82) is 0 Å². The highest BCUT2D eigenvalue weighted by Crippen LogP contribution is 2.06. The van der Waals surface area contributed by atoms with E-state index in [0.717, 1.165) is 5.56 Å². The maximum atomic E-state index is 10.6. The monoisotopic (exact) mass is 418 g/mol. The third kappa shape index (κ3) is 13.8. The average Bonchev–Trinajstić information content (AvgIpc) is 2.56. The van der Waals surface area contributed by atoms with Crippen LogP contribution in [-0.4, -0.2) is 16.0 Å². The van der Waals surface area contributed by atoms with Crippen LogP contribution in [0.15, 0.2) is 54.6 Å². The lowest BCUT2D eigenvalue weighted by atomic mass is 10.1. The summed E-state index contributed by atoms with van der Waals surface area (Å²) >= 11 is 10.4. The summed E-state index contributed by atoms with van der Waals surface area (Å²) in [6.07, 6.45) is 0. The summed E-state index contributed by atoms with van der Waals surface area (Å²) in [6, 6.07) is 15.9. The van der Waals surface area contributed by atoms with Gasteiger partial charge < -0.3 is 0 Å². The van der Waals surface area contributed by atoms with Gasteiger partial charge in [0.1, 0.15) is 0 Å². The van der Waals surface area contributed by atoms with Gasteiger partial charge in [-0.25, -0.2) is 0 Å². The molecule has 2 aromatic rings. The summed E-state index contributed by atoms with van der Waals surface area (Å²) in [4.78, 5) is 21.0. The molecule has 0 saturated carbocycles. The molecule has 0 atom stereocenters. The second-order valence-corrected chi connectivity index (χ2v) is 6.86. The molecule has 144 valence electrons. The Hall–Kier alpha value is -1.43. The van der Waals surface area contributed by atoms with Crippen LogP contribution in [0, 0.1) is 6.92 Å². The predicted octanol–water partition coefficient (Wildman–Crippen LogP) is 5.11. The molecule has 0 spiro atoms. The number of carbonyl (C=O) groups is 2. The van der Waals surface area contributed by atoms with Gasteiger partial charge in [-0.2, -0.15) is 0 Å². The first-order valence-corrected chi connectivity index (χ1v) is 8.31. The van der Waals surface area contributed by atoms with E-state index in [4.69, 9.17) is 29.0 Å². The largest absolute Gasteiger partial charge is 0.276 e. The molecular weight excluding hydrogens is 395 g/mol. The number of carbonyl (C=O) groups excluding carboxylic acids is 2. The summed E-state index contributed by atoms with van der Waals surface area (Å²) in [5.41, 5.74) is 4.82. The number of hydrogen-bond donors (Lipinski definition) is 2. The van der Waals surface area contributed by atoms with Gasteiger partial charge in [-0.15, -0.1) is 12.4 Å². The van der Waals surface area contributed by atoms with Crippen LogP contribution >= 0.6 is 35.6 Å². The van der Waals surface area contributed by atoms with E-state index >= 15 is 0 Å². The Bertz CT molecular complexity index is 672. The fraction of sp³-hybridized carbons (Fsp3) is 0.263. The first kappa shape index (κ1) is 26.8. The molecule has 0 aliphatic rings. The molecule has 0 aliphatic heterocycles. The van der Waals surface area contributed by atoms with Crippen molar-refractivity contribution in [2.75, 3.05) is 0 Å². The van der Waals surface area contributed by atoms with Crippen LogP contribution in [-0.2, 0) is 0 Å². The van der Waals surface area contributed by atoms with E-state index in [1.807, 2.05) is 45.9 Å². The summed E-state index contributed by atoms with van der Waals surface area (Å²) in [7, 11) is 0. The first-order chi connectivity index (χ1) is 11.6. The lowest BCUT2D eigenvalue weighted by Gasteiger charge is -2.14. The topological polar surface area (TPSA) is 72.2 Å². The minimum Gasteiger partial charge on any atom is -0.276 e. The fourth-order valence-electron chi connectivity index (χ4n) is 1.34. The molecule has 0 fully saturated rings. The molecule has 0 heterocycles. The van der Waals surface area contributed by atoms with Gasteiger partial charge in [0.2, 0.25) is 0 Å². The van der Waals surface area contributed by atoms with Crippen molar-refractivity contribution < 1.29 is 9.59 Å². The number of nitrogens with one attached hydrogen (secondary N) is 1. The van der Waals surface area contributed by atoms with Crippen LogP contribution in [0.4, 0.5) is 0 Å². The molecule has 0 unspecified atom stereocenters. The van der Waals surface area contributed by atoms with Crippen LogP contribution in [0.1, 0.15) is 47.1 Å². The molecule has 4 nitrogen and oxygen atoms in total. The van der Waals surface area contributed by atoms with Crippen molar-refractivity contribution >= 4 is 46.1 Å². The van der Waals surface area contributed by atoms with E-state index in [-0.39, 0.29) is 17.9 Å². The van der Waals surface area contributed by atoms with Gasteiger partial charge in [-0.3, -0.25) is 20.9 Å². The fourth-order valence-corrected chi connectivity index (χ4v) is 1.58. The van der Waals surface area contributed by atoms with Crippen molar-refractivity contribution in [1.82, 2.24) is 5.43 Å². The Kier molecular flexibility index (Phi) is 14.2. The molecule has 0 aromatic heterocycles. The number of rotatable bonds is 2. The van der Waals surface area contributed by atoms with Gasteiger partial charge in [-0.1, -0.05) is 54.1 Å². The zero-order valence-corrected chi connectivity index (χ0v) is 17.6. The quantitative estimate of drug-likeness (QED) is 0.403. The Morgan fingerprint density at radius 1 is 0.885 bits per heavy atom. The highest BCUT2D eigenvalue weighted by Gasteiger charge is 2.02. The smallest absolute Gasteiger partial charge is 0.252 e. The van der Waals surface area contributed by atoms with Gasteiger partial charge >= 0.3 is 0 Å². The number of hydrazine groups is 1. The zero-order valence-electron chi connectivity index (χ0n) is 15.3. The lowest BCUT2D eigenvalue weighted by molar-refractivity contribution is 0.107. The molecular formula is C19H25Cl3N2O2. The molecule has 0 aliphatic carbocycles. The predicted molar refractivity (Wildman–Crippen MR) is 112 cm³/mol. The van der Waals surface area contributed by atoms with E-state index in [0.29, 0.717) is 11.1 Å². The van der Waals surface area contributed by atoms with Crippen molar-refractivity contribution in [3.63, 3.8) is 0 Å². The molecule has 0 amide bonds. The minimum absolute atomic E-state index is 0. The van der Waals surface area contributed by atoms with Gasteiger partial charge in [0.05, 0.1) is 0 Å². The van der Waals surface area contributed by atoms with Crippen LogP contribution < -0.4 is 11.3 Å². The Morgan fingerprint density at radius 2 is 1.31 bits per heavy atom. The number of nitrogens with two attached hydrogens (primary N) is 1. The summed E-state index contributed by atoms with van der Waals surface area (Å²) < 4.78 is 0. The third-order valence-corrected chi connectivity index (χ3v) is 3.12. The van der Waals surface area contributed by atoms with E-state index in [1.165, 1.54) is 0 Å². The summed E-state index contributed by atoms with van der Waals surface area (Å²) in [5, 5.41) is -0.806. The lowest BCUT2D eigenvalue weighted by Crippen LogP contribution is -2.41. The van der Waals surface area contributed by atoms with Crippen molar-refractivity contribution in [3.8, 4) is 0 Å². The first-order valence-electron chi connectivity index (χ1n) is 7.56. The van der Waals surface area contributed by atoms with E-state index in [1.54, 1.807) is 36.4 Å². The number of halogens is 3. The Labute approximate surface area is 171 Å². The standard InChI is InChI=1S/C8H7ClO.C7H5ClO.C4H12N2.ClH/c1-6-3-2-4-7(5-6)8(9)10;8-7(9)6-4-2-1-3-5-6;1-4(2,3)6-5;/h2-5H,1H3;1-5H;6H,5H2,1-3H3;1H. The second kappa shape index (κ2) is 13.7. The molecule has 0 saturated heterocycles. The molecule has 2 aromatic carbocycles. The molecule has 0 bridgehead atoms. The Balaban J connectivity index is 0. The second-order valence-electron chi connectivity index (χ2n) is 6.18. The van der Waals surface area contributed by atoms with Crippen molar-refractivity contribution in [2.45, 2.75) is 33.2 Å². The highest BCUT2D eigenvalue weighted by atomic mass is 35.5. The average molecular weight is 420 g/mol. The van der Waals surface area contributed by atoms with E-state index in [9.17, 15) is 9.59 Å². The molecule has 7 heteroatoms. The van der Waals surface area contributed by atoms with Gasteiger partial charge in [0.25, 0.3) is 10.5 Å². The van der Waals surface area contributed by atoms with E-state index < -0.39 is 10.5 Å². The third-order valence-electron chi connectivity index (χ3n) is 2.68. The molecule has 26 heavy (non-hydrogen) atoms. The minimum atomic E-state index is -0.407. The van der Waals surface area contributed by atoms with Gasteiger partial charge in [0, 0.05) is 16.7 Å². The van der Waals surface area contributed by atoms with Crippen LogP contribution in [0.3, 0.4) is 0 Å². The summed E-state index contributed by atoms with van der Waals surface area (Å²) in [6.45, 7) is 7.94. The SMILES string of the molecule is CC(C)(C)NN.Cc1cccc(C(=O)Cl)c1.Cl.O=C(Cl)c1ccccc1. The highest BCUT2D eigenvalue weighted by molar-refractivity contribution is 6.68. The normalized spacial score (nSPS) is 9.50. The molecule has 2 rings (SSSR count). The van der Waals surface area contributed by atoms with Crippen LogP contribution in [0.25, 0.3) is 0 Å². The maximum Gasteiger partial charge on any atom is 0.252 e. The maximum absolute atomic E-state index is 10.6. The van der Waals surface area contributed by atoms with E-state index in [2.05, 4.69) is 5.43 Å². The Morgan fingerprint density at radius 3 is 1.58 bits per heavy atom. The van der Waals surface area contributed by atoms with Crippen molar-refractivity contribution in [2.24, 2.45) is 5.84 Å². The van der Waals surface area contributed by atoms with Crippen LogP contribution in [0.5, 0.6) is 0 Å². The summed E-state index contributed by atoms with van der Waals surface area (Å²) in [5.74, 6) is 5.06. The number of benzene rings is 2. The molecule has 0 radical (unpaired) electrons. The number of aryl methyl sites for hydroxylation is 1. The zero-order chi connectivity index (χ0) is 19.5. The van der Waals surface area contributed by atoms with Gasteiger partial charge in [-0.05, 0) is 57.0 Å². The number of hydrogen-bond acceptors (Lipinski definition) is 4. The van der Waals surface area contributed by atoms with Crippen LogP contribution in [0.2, 0.25) is 0 Å².